The second-order valence-electron chi connectivity index (χ2n) is 5.38. The zero-order valence-corrected chi connectivity index (χ0v) is 14.6. The van der Waals surface area contributed by atoms with Crippen LogP contribution in [0.4, 0.5) is 0 Å². The van der Waals surface area contributed by atoms with Crippen LogP contribution in [0.1, 0.15) is 35.7 Å². The molecule has 0 aliphatic heterocycles. The van der Waals surface area contributed by atoms with E-state index in [-0.39, 0.29) is 17.9 Å². The molecule has 0 radical (unpaired) electrons. The van der Waals surface area contributed by atoms with E-state index < -0.39 is 0 Å². The van der Waals surface area contributed by atoms with E-state index in [1.165, 1.54) is 16.9 Å². The smallest absolute Gasteiger partial charge is 0.224 e. The van der Waals surface area contributed by atoms with Crippen molar-refractivity contribution < 1.29 is 4.79 Å². The summed E-state index contributed by atoms with van der Waals surface area (Å²) in [7, 11) is 0. The van der Waals surface area contributed by atoms with Gasteiger partial charge in [0.25, 0.3) is 0 Å². The van der Waals surface area contributed by atoms with Gasteiger partial charge >= 0.3 is 0 Å². The quantitative estimate of drug-likeness (QED) is 0.776. The summed E-state index contributed by atoms with van der Waals surface area (Å²) < 4.78 is 1.82. The fourth-order valence-electron chi connectivity index (χ4n) is 2.54. The molecule has 1 aliphatic rings. The first kappa shape index (κ1) is 15.1. The Morgan fingerprint density at radius 1 is 1.43 bits per heavy atom. The monoisotopic (exact) mass is 383 g/mol. The van der Waals surface area contributed by atoms with E-state index >= 15 is 0 Å². The van der Waals surface area contributed by atoms with Gasteiger partial charge in [-0.3, -0.25) is 4.79 Å². The first-order chi connectivity index (χ1) is 10.0. The number of thiophene rings is 1. The summed E-state index contributed by atoms with van der Waals surface area (Å²) >= 11 is 10.9. The second kappa shape index (κ2) is 6.11. The van der Waals surface area contributed by atoms with Crippen molar-refractivity contribution in [3.05, 3.63) is 55.6 Å². The summed E-state index contributed by atoms with van der Waals surface area (Å²) in [4.78, 5) is 13.4. The van der Waals surface area contributed by atoms with Crippen LogP contribution in [0.3, 0.4) is 0 Å². The minimum atomic E-state index is 0.0127. The number of benzene rings is 1. The van der Waals surface area contributed by atoms with Crippen LogP contribution in [0.25, 0.3) is 0 Å². The third-order valence-electron chi connectivity index (χ3n) is 3.78. The third-order valence-corrected chi connectivity index (χ3v) is 5.69. The number of carbonyl (C=O) groups is 1. The summed E-state index contributed by atoms with van der Waals surface area (Å²) in [5, 5.41) is 3.09. The van der Waals surface area contributed by atoms with Crippen LogP contribution < -0.4 is 5.32 Å². The number of nitrogens with one attached hydrogen (secondary N) is 1. The summed E-state index contributed by atoms with van der Waals surface area (Å²) in [6, 6.07) is 12.1. The lowest BCUT2D eigenvalue weighted by Crippen LogP contribution is -2.27. The van der Waals surface area contributed by atoms with Crippen molar-refractivity contribution in [2.24, 2.45) is 5.92 Å². The molecule has 1 aliphatic carbocycles. The lowest BCUT2D eigenvalue weighted by molar-refractivity contribution is -0.123. The van der Waals surface area contributed by atoms with Gasteiger partial charge in [0.15, 0.2) is 0 Å². The van der Waals surface area contributed by atoms with Crippen LogP contribution in [0.15, 0.2) is 40.9 Å². The van der Waals surface area contributed by atoms with E-state index in [2.05, 4.69) is 33.4 Å². The molecule has 0 bridgehead atoms. The van der Waals surface area contributed by atoms with Gasteiger partial charge in [0.2, 0.25) is 5.91 Å². The molecule has 110 valence electrons. The summed E-state index contributed by atoms with van der Waals surface area (Å²) in [6.07, 6.45) is 0.931. The topological polar surface area (TPSA) is 29.1 Å². The Morgan fingerprint density at radius 2 is 2.24 bits per heavy atom. The van der Waals surface area contributed by atoms with E-state index in [0.29, 0.717) is 5.92 Å². The molecule has 3 unspecified atom stereocenters. The number of halogens is 2. The average Bonchev–Trinajstić information content (AvgIpc) is 3.14. The molecule has 1 aromatic heterocycles. The first-order valence-corrected chi connectivity index (χ1v) is 8.84. The zero-order chi connectivity index (χ0) is 15.0. The van der Waals surface area contributed by atoms with Gasteiger partial charge in [0, 0.05) is 15.3 Å². The van der Waals surface area contributed by atoms with Gasteiger partial charge in [-0.05, 0) is 49.1 Å². The number of rotatable bonds is 4. The van der Waals surface area contributed by atoms with Crippen molar-refractivity contribution in [2.45, 2.75) is 25.3 Å². The van der Waals surface area contributed by atoms with Crippen LogP contribution in [-0.2, 0) is 4.79 Å². The minimum absolute atomic E-state index is 0.0127. The number of hydrogen-bond acceptors (Lipinski definition) is 2. The molecule has 2 aromatic rings. The highest BCUT2D eigenvalue weighted by atomic mass is 79.9. The van der Waals surface area contributed by atoms with Gasteiger partial charge in [0.1, 0.15) is 0 Å². The van der Waals surface area contributed by atoms with Crippen LogP contribution in [0.5, 0.6) is 0 Å². The predicted molar refractivity (Wildman–Crippen MR) is 90.9 cm³/mol. The van der Waals surface area contributed by atoms with Gasteiger partial charge in [-0.25, -0.2) is 0 Å². The lowest BCUT2D eigenvalue weighted by atomic mass is 10.1. The zero-order valence-electron chi connectivity index (χ0n) is 11.5. The molecular formula is C16H15BrClNOS. The van der Waals surface area contributed by atoms with Crippen LogP contribution in [-0.4, -0.2) is 5.91 Å². The highest BCUT2D eigenvalue weighted by Gasteiger charge is 2.44. The van der Waals surface area contributed by atoms with E-state index in [4.69, 9.17) is 11.6 Å². The molecule has 1 aromatic carbocycles. The molecule has 1 N–H and O–H groups in total. The van der Waals surface area contributed by atoms with E-state index in [0.717, 1.165) is 20.1 Å². The van der Waals surface area contributed by atoms with Gasteiger partial charge in [-0.15, -0.1) is 11.3 Å². The maximum absolute atomic E-state index is 12.3. The minimum Gasteiger partial charge on any atom is -0.349 e. The highest BCUT2D eigenvalue weighted by molar-refractivity contribution is 9.10. The van der Waals surface area contributed by atoms with Crippen molar-refractivity contribution in [3.63, 3.8) is 0 Å². The van der Waals surface area contributed by atoms with Crippen molar-refractivity contribution >= 4 is 44.8 Å². The Labute approximate surface area is 141 Å². The van der Waals surface area contributed by atoms with Gasteiger partial charge in [-0.1, -0.05) is 39.7 Å². The first-order valence-electron chi connectivity index (χ1n) is 6.85. The number of carbonyl (C=O) groups excluding carboxylic acids is 1. The highest BCUT2D eigenvalue weighted by Crippen LogP contribution is 2.48. The van der Waals surface area contributed by atoms with Crippen LogP contribution >= 0.6 is 38.9 Å². The number of hydrogen-bond donors (Lipinski definition) is 1. The molecule has 3 atom stereocenters. The molecular weight excluding hydrogens is 370 g/mol. The molecule has 1 heterocycles. The number of amides is 1. The predicted octanol–water partition coefficient (Wildman–Crippen LogP) is 5.14. The fraction of sp³-hybridized carbons (Fsp3) is 0.312. The fourth-order valence-corrected chi connectivity index (χ4v) is 4.02. The maximum Gasteiger partial charge on any atom is 0.224 e. The Bertz CT molecular complexity index is 672. The molecule has 5 heteroatoms. The summed E-state index contributed by atoms with van der Waals surface area (Å²) in [5.41, 5.74) is 1.23. The Kier molecular flexibility index (Phi) is 4.38. The van der Waals surface area contributed by atoms with E-state index in [1.807, 2.05) is 31.2 Å². The molecule has 1 fully saturated rings. The molecule has 21 heavy (non-hydrogen) atoms. The maximum atomic E-state index is 12.3. The molecule has 0 spiro atoms. The Balaban J connectivity index is 1.60. The van der Waals surface area contributed by atoms with Crippen molar-refractivity contribution in [1.82, 2.24) is 5.32 Å². The molecule has 1 amide bonds. The average molecular weight is 385 g/mol. The van der Waals surface area contributed by atoms with E-state index in [9.17, 15) is 4.79 Å². The van der Waals surface area contributed by atoms with Gasteiger partial charge in [0.05, 0.1) is 10.4 Å². The normalized spacial score (nSPS) is 21.9. The largest absolute Gasteiger partial charge is 0.349 e. The third kappa shape index (κ3) is 3.50. The molecule has 2 nitrogen and oxygen atoms in total. The molecule has 0 saturated heterocycles. The summed E-state index contributed by atoms with van der Waals surface area (Å²) in [6.45, 7) is 2.00. The standard InChI is InChI=1S/C16H15BrClNOS/c1-9(14-5-6-15(18)21-14)19-16(20)13-8-12(13)10-3-2-4-11(17)7-10/h2-7,9,12-13H,8H2,1H3,(H,19,20). The Hall–Kier alpha value is -0.840. The van der Waals surface area contributed by atoms with Crippen LogP contribution in [0.2, 0.25) is 4.34 Å². The van der Waals surface area contributed by atoms with Crippen LogP contribution in [0, 0.1) is 5.92 Å². The van der Waals surface area contributed by atoms with Crippen molar-refractivity contribution in [2.75, 3.05) is 0 Å². The molecule has 3 rings (SSSR count). The SMILES string of the molecule is CC(NC(=O)C1CC1c1cccc(Br)c1)c1ccc(Cl)s1. The van der Waals surface area contributed by atoms with Gasteiger partial charge < -0.3 is 5.32 Å². The van der Waals surface area contributed by atoms with E-state index in [1.54, 1.807) is 0 Å². The Morgan fingerprint density at radius 3 is 2.90 bits per heavy atom. The molecule has 1 saturated carbocycles. The second-order valence-corrected chi connectivity index (χ2v) is 8.04. The summed E-state index contributed by atoms with van der Waals surface area (Å²) in [5.74, 6) is 0.579. The van der Waals surface area contributed by atoms with Crippen molar-refractivity contribution in [1.29, 1.82) is 0 Å². The lowest BCUT2D eigenvalue weighted by Gasteiger charge is -2.12. The van der Waals surface area contributed by atoms with Crippen molar-refractivity contribution in [3.8, 4) is 0 Å². The van der Waals surface area contributed by atoms with Gasteiger partial charge in [-0.2, -0.15) is 0 Å².